The molecule has 20 heavy (non-hydrogen) atoms. The van der Waals surface area contributed by atoms with Gasteiger partial charge in [-0.25, -0.2) is 0 Å². The lowest BCUT2D eigenvalue weighted by Gasteiger charge is -2.28. The van der Waals surface area contributed by atoms with Gasteiger partial charge in [0.15, 0.2) is 0 Å². The van der Waals surface area contributed by atoms with Gasteiger partial charge in [-0.05, 0) is 53.0 Å². The summed E-state index contributed by atoms with van der Waals surface area (Å²) in [6.45, 7) is 6.74. The highest BCUT2D eigenvalue weighted by atomic mass is 16.6. The van der Waals surface area contributed by atoms with Gasteiger partial charge in [-0.3, -0.25) is 14.5 Å². The van der Waals surface area contributed by atoms with Gasteiger partial charge in [0.2, 0.25) is 5.91 Å². The minimum absolute atomic E-state index is 0.114. The van der Waals surface area contributed by atoms with E-state index >= 15 is 0 Å². The van der Waals surface area contributed by atoms with Crippen LogP contribution in [0.4, 0.5) is 0 Å². The number of carbonyl (C=O) groups is 2. The molecule has 5 heteroatoms. The first-order valence-electron chi connectivity index (χ1n) is 7.50. The Morgan fingerprint density at radius 2 is 1.90 bits per heavy atom. The predicted octanol–water partition coefficient (Wildman–Crippen LogP) is 1.41. The van der Waals surface area contributed by atoms with E-state index in [9.17, 15) is 9.59 Å². The number of carbonyl (C=O) groups excluding carboxylic acids is 2. The number of likely N-dealkylation sites (N-methyl/N-ethyl adjacent to an activating group) is 1. The lowest BCUT2D eigenvalue weighted by Crippen LogP contribution is -2.45. The number of likely N-dealkylation sites (tertiary alicyclic amines) is 1. The molecule has 0 aromatic heterocycles. The summed E-state index contributed by atoms with van der Waals surface area (Å²) in [7, 11) is 1.86. The minimum Gasteiger partial charge on any atom is -0.459 e. The predicted molar refractivity (Wildman–Crippen MR) is 76.2 cm³/mol. The number of ether oxygens (including phenoxy) is 1. The van der Waals surface area contributed by atoms with Gasteiger partial charge in [0, 0.05) is 13.1 Å². The second-order valence-electron chi connectivity index (χ2n) is 6.90. The summed E-state index contributed by atoms with van der Waals surface area (Å²) in [5, 5.41) is 0. The molecule has 5 nitrogen and oxygen atoms in total. The first-order chi connectivity index (χ1) is 9.28. The van der Waals surface area contributed by atoms with E-state index in [2.05, 4.69) is 0 Å². The van der Waals surface area contributed by atoms with Crippen LogP contribution in [0, 0.1) is 0 Å². The summed E-state index contributed by atoms with van der Waals surface area (Å²) in [6.07, 6.45) is 3.95. The van der Waals surface area contributed by atoms with Crippen LogP contribution in [-0.2, 0) is 14.3 Å². The summed E-state index contributed by atoms with van der Waals surface area (Å²) in [5.74, 6) is -0.0835. The standard InChI is InChI=1S/C15H26N2O3/c1-15(2,3)20-14(19)12-6-5-9-17(12)10-13(18)16(4)11-7-8-11/h11-12H,5-10H2,1-4H3/t12-/m0/s1. The Kier molecular flexibility index (Phi) is 4.37. The Morgan fingerprint density at radius 3 is 2.45 bits per heavy atom. The first-order valence-corrected chi connectivity index (χ1v) is 7.50. The Labute approximate surface area is 121 Å². The van der Waals surface area contributed by atoms with Gasteiger partial charge < -0.3 is 9.64 Å². The summed E-state index contributed by atoms with van der Waals surface area (Å²) in [4.78, 5) is 28.1. The van der Waals surface area contributed by atoms with Crippen LogP contribution in [0.3, 0.4) is 0 Å². The van der Waals surface area contributed by atoms with E-state index in [1.807, 2.05) is 37.6 Å². The van der Waals surface area contributed by atoms with E-state index < -0.39 is 5.60 Å². The average molecular weight is 282 g/mol. The summed E-state index contributed by atoms with van der Waals surface area (Å²) < 4.78 is 5.45. The fourth-order valence-electron chi connectivity index (χ4n) is 2.60. The molecule has 0 unspecified atom stereocenters. The lowest BCUT2D eigenvalue weighted by atomic mass is 10.1. The molecule has 1 saturated heterocycles. The van der Waals surface area contributed by atoms with Gasteiger partial charge in [-0.1, -0.05) is 0 Å². The number of hydrogen-bond acceptors (Lipinski definition) is 4. The van der Waals surface area contributed by atoms with Crippen molar-refractivity contribution in [1.29, 1.82) is 0 Å². The quantitative estimate of drug-likeness (QED) is 0.732. The molecule has 1 aliphatic carbocycles. The SMILES string of the molecule is CN(C(=O)CN1CCC[C@H]1C(=O)OC(C)(C)C)C1CC1. The molecule has 1 atom stereocenters. The molecule has 2 aliphatic rings. The van der Waals surface area contributed by atoms with E-state index in [0.29, 0.717) is 12.6 Å². The summed E-state index contributed by atoms with van der Waals surface area (Å²) >= 11 is 0. The third-order valence-electron chi connectivity index (χ3n) is 3.87. The van der Waals surface area contributed by atoms with Crippen molar-refractivity contribution in [3.05, 3.63) is 0 Å². The summed E-state index contributed by atoms with van der Waals surface area (Å²) in [6, 6.07) is 0.163. The maximum absolute atomic E-state index is 12.2. The highest BCUT2D eigenvalue weighted by molar-refractivity contribution is 5.81. The largest absolute Gasteiger partial charge is 0.459 e. The van der Waals surface area contributed by atoms with E-state index in [1.54, 1.807) is 0 Å². The first kappa shape index (κ1) is 15.3. The topological polar surface area (TPSA) is 49.9 Å². The number of hydrogen-bond donors (Lipinski definition) is 0. The number of esters is 1. The second kappa shape index (κ2) is 5.72. The molecule has 1 saturated carbocycles. The van der Waals surface area contributed by atoms with Crippen molar-refractivity contribution in [2.24, 2.45) is 0 Å². The molecule has 2 rings (SSSR count). The van der Waals surface area contributed by atoms with E-state index in [4.69, 9.17) is 4.74 Å². The van der Waals surface area contributed by atoms with Gasteiger partial charge in [-0.15, -0.1) is 0 Å². The zero-order valence-electron chi connectivity index (χ0n) is 13.0. The molecule has 0 aromatic carbocycles. The van der Waals surface area contributed by atoms with Crippen LogP contribution in [0.15, 0.2) is 0 Å². The molecule has 0 bridgehead atoms. The van der Waals surface area contributed by atoms with Crippen LogP contribution >= 0.6 is 0 Å². The molecule has 0 N–H and O–H groups in total. The monoisotopic (exact) mass is 282 g/mol. The molecule has 0 radical (unpaired) electrons. The average Bonchev–Trinajstić information content (AvgIpc) is 3.06. The third-order valence-corrected chi connectivity index (χ3v) is 3.87. The summed E-state index contributed by atoms with van der Waals surface area (Å²) in [5.41, 5.74) is -0.472. The van der Waals surface area contributed by atoms with Crippen molar-refractivity contribution in [2.45, 2.75) is 64.1 Å². The third kappa shape index (κ3) is 3.95. The second-order valence-corrected chi connectivity index (χ2v) is 6.90. The van der Waals surface area contributed by atoms with Crippen molar-refractivity contribution < 1.29 is 14.3 Å². The van der Waals surface area contributed by atoms with Gasteiger partial charge in [0.25, 0.3) is 0 Å². The van der Waals surface area contributed by atoms with Crippen molar-refractivity contribution in [3.8, 4) is 0 Å². The van der Waals surface area contributed by atoms with Crippen LogP contribution in [0.2, 0.25) is 0 Å². The Morgan fingerprint density at radius 1 is 1.25 bits per heavy atom. The van der Waals surface area contributed by atoms with Crippen LogP contribution in [-0.4, -0.2) is 59.5 Å². The molecule has 1 heterocycles. The fraction of sp³-hybridized carbons (Fsp3) is 0.867. The number of amides is 1. The van der Waals surface area contributed by atoms with E-state index in [-0.39, 0.29) is 17.9 Å². The molecular formula is C15H26N2O3. The van der Waals surface area contributed by atoms with Crippen LogP contribution in [0.25, 0.3) is 0 Å². The van der Waals surface area contributed by atoms with Crippen LogP contribution in [0.1, 0.15) is 46.5 Å². The lowest BCUT2D eigenvalue weighted by molar-refractivity contribution is -0.160. The highest BCUT2D eigenvalue weighted by Crippen LogP contribution is 2.26. The minimum atomic E-state index is -0.472. The molecule has 0 aromatic rings. The van der Waals surface area contributed by atoms with Crippen molar-refractivity contribution >= 4 is 11.9 Å². The normalized spacial score (nSPS) is 23.7. The molecule has 1 amide bonds. The van der Waals surface area contributed by atoms with Gasteiger partial charge in [0.05, 0.1) is 6.54 Å². The maximum atomic E-state index is 12.2. The maximum Gasteiger partial charge on any atom is 0.323 e. The van der Waals surface area contributed by atoms with Crippen molar-refractivity contribution in [2.75, 3.05) is 20.1 Å². The Bertz CT molecular complexity index is 385. The molecule has 0 spiro atoms. The smallest absolute Gasteiger partial charge is 0.323 e. The molecular weight excluding hydrogens is 256 g/mol. The highest BCUT2D eigenvalue weighted by Gasteiger charge is 2.37. The van der Waals surface area contributed by atoms with Crippen molar-refractivity contribution in [3.63, 3.8) is 0 Å². The van der Waals surface area contributed by atoms with Gasteiger partial charge >= 0.3 is 5.97 Å². The van der Waals surface area contributed by atoms with Gasteiger partial charge in [0.1, 0.15) is 11.6 Å². The Hall–Kier alpha value is -1.10. The molecule has 114 valence electrons. The molecule has 2 fully saturated rings. The Balaban J connectivity index is 1.89. The van der Waals surface area contributed by atoms with Crippen molar-refractivity contribution in [1.82, 2.24) is 9.80 Å². The van der Waals surface area contributed by atoms with E-state index in [0.717, 1.165) is 32.2 Å². The van der Waals surface area contributed by atoms with Crippen LogP contribution in [0.5, 0.6) is 0 Å². The zero-order chi connectivity index (χ0) is 14.9. The van der Waals surface area contributed by atoms with E-state index in [1.165, 1.54) is 0 Å². The molecule has 1 aliphatic heterocycles. The van der Waals surface area contributed by atoms with Gasteiger partial charge in [-0.2, -0.15) is 0 Å². The zero-order valence-corrected chi connectivity index (χ0v) is 13.0. The van der Waals surface area contributed by atoms with Crippen LogP contribution < -0.4 is 0 Å². The number of nitrogens with zero attached hydrogens (tertiary/aromatic N) is 2. The fourth-order valence-corrected chi connectivity index (χ4v) is 2.60. The number of rotatable bonds is 4.